The summed E-state index contributed by atoms with van der Waals surface area (Å²) in [5.74, 6) is -1.43. The molecular formula is C11H10ClF3O5S. The van der Waals surface area contributed by atoms with Crippen molar-refractivity contribution in [3.8, 4) is 0 Å². The molecule has 0 aliphatic carbocycles. The van der Waals surface area contributed by atoms with Crippen molar-refractivity contribution in [1.29, 1.82) is 0 Å². The summed E-state index contributed by atoms with van der Waals surface area (Å²) < 4.78 is 63.6. The number of ether oxygens (including phenoxy) is 1. The van der Waals surface area contributed by atoms with E-state index in [-0.39, 0.29) is 10.5 Å². The quantitative estimate of drug-likeness (QED) is 0.886. The summed E-state index contributed by atoms with van der Waals surface area (Å²) in [5, 5.41) is 8.42. The van der Waals surface area contributed by atoms with E-state index in [1.165, 1.54) is 0 Å². The van der Waals surface area contributed by atoms with E-state index in [0.29, 0.717) is 0 Å². The molecule has 118 valence electrons. The standard InChI is InChI=1S/C11H10ClF3O5S/c1-21(18,19)8-3-2-6(10(16)17)9(12)7(8)4-20-5-11(13,14)15/h2-3H,4-5H2,1H3,(H,16,17). The Bertz CT molecular complexity index is 655. The first-order valence-corrected chi connectivity index (χ1v) is 7.59. The predicted molar refractivity (Wildman–Crippen MR) is 67.2 cm³/mol. The van der Waals surface area contributed by atoms with E-state index in [2.05, 4.69) is 4.74 Å². The highest BCUT2D eigenvalue weighted by Crippen LogP contribution is 2.29. The number of halogens is 4. The maximum Gasteiger partial charge on any atom is 0.411 e. The van der Waals surface area contributed by atoms with Crippen molar-refractivity contribution in [2.75, 3.05) is 12.9 Å². The summed E-state index contributed by atoms with van der Waals surface area (Å²) in [6.07, 6.45) is -3.77. The lowest BCUT2D eigenvalue weighted by Crippen LogP contribution is -2.18. The van der Waals surface area contributed by atoms with Crippen molar-refractivity contribution >= 4 is 27.4 Å². The van der Waals surface area contributed by atoms with Crippen LogP contribution >= 0.6 is 11.6 Å². The van der Waals surface area contributed by atoms with Crippen molar-refractivity contribution in [3.63, 3.8) is 0 Å². The molecular weight excluding hydrogens is 337 g/mol. The van der Waals surface area contributed by atoms with E-state index in [0.717, 1.165) is 18.4 Å². The largest absolute Gasteiger partial charge is 0.478 e. The Morgan fingerprint density at radius 1 is 1.38 bits per heavy atom. The van der Waals surface area contributed by atoms with Gasteiger partial charge in [0.1, 0.15) is 6.61 Å². The van der Waals surface area contributed by atoms with Crippen LogP contribution in [0.2, 0.25) is 5.02 Å². The van der Waals surface area contributed by atoms with E-state index in [4.69, 9.17) is 16.7 Å². The molecule has 21 heavy (non-hydrogen) atoms. The Morgan fingerprint density at radius 3 is 2.38 bits per heavy atom. The molecule has 0 amide bonds. The highest BCUT2D eigenvalue weighted by molar-refractivity contribution is 7.90. The molecule has 0 saturated carbocycles. The van der Waals surface area contributed by atoms with Crippen LogP contribution in [0.15, 0.2) is 17.0 Å². The smallest absolute Gasteiger partial charge is 0.411 e. The van der Waals surface area contributed by atoms with Gasteiger partial charge in [-0.2, -0.15) is 13.2 Å². The van der Waals surface area contributed by atoms with Crippen LogP contribution in [0.25, 0.3) is 0 Å². The minimum atomic E-state index is -4.60. The summed E-state index contributed by atoms with van der Waals surface area (Å²) in [6, 6.07) is 1.94. The molecule has 0 heterocycles. The lowest BCUT2D eigenvalue weighted by Gasteiger charge is -2.13. The van der Waals surface area contributed by atoms with E-state index in [9.17, 15) is 26.4 Å². The van der Waals surface area contributed by atoms with Crippen LogP contribution in [0.5, 0.6) is 0 Å². The number of hydrogen-bond donors (Lipinski definition) is 1. The van der Waals surface area contributed by atoms with Crippen LogP contribution in [-0.4, -0.2) is 38.5 Å². The molecule has 5 nitrogen and oxygen atoms in total. The first-order chi connectivity index (χ1) is 9.43. The van der Waals surface area contributed by atoms with E-state index >= 15 is 0 Å². The van der Waals surface area contributed by atoms with Gasteiger partial charge in [0.25, 0.3) is 0 Å². The van der Waals surface area contributed by atoms with Gasteiger partial charge in [0.05, 0.1) is 22.1 Å². The maximum absolute atomic E-state index is 12.0. The normalized spacial score (nSPS) is 12.4. The fourth-order valence-corrected chi connectivity index (χ4v) is 2.80. The second-order valence-electron chi connectivity index (χ2n) is 4.09. The molecule has 0 unspecified atom stereocenters. The topological polar surface area (TPSA) is 80.7 Å². The van der Waals surface area contributed by atoms with Gasteiger partial charge in [0.2, 0.25) is 0 Å². The third-order valence-corrected chi connectivity index (χ3v) is 3.96. The fourth-order valence-electron chi connectivity index (χ4n) is 1.52. The van der Waals surface area contributed by atoms with Gasteiger partial charge >= 0.3 is 12.1 Å². The van der Waals surface area contributed by atoms with Crippen molar-refractivity contribution < 1.29 is 36.2 Å². The van der Waals surface area contributed by atoms with Crippen LogP contribution in [0.1, 0.15) is 15.9 Å². The second-order valence-corrected chi connectivity index (χ2v) is 6.45. The van der Waals surface area contributed by atoms with Gasteiger partial charge in [-0.3, -0.25) is 0 Å². The SMILES string of the molecule is CS(=O)(=O)c1ccc(C(=O)O)c(Cl)c1COCC(F)(F)F. The molecule has 0 aliphatic rings. The molecule has 0 saturated heterocycles. The molecule has 1 aromatic rings. The average Bonchev–Trinajstić information content (AvgIpc) is 2.27. The number of hydrogen-bond acceptors (Lipinski definition) is 4. The van der Waals surface area contributed by atoms with Gasteiger partial charge in [-0.15, -0.1) is 0 Å². The molecule has 0 atom stereocenters. The van der Waals surface area contributed by atoms with Crippen molar-refractivity contribution in [2.24, 2.45) is 0 Å². The van der Waals surface area contributed by atoms with Gasteiger partial charge in [-0.05, 0) is 12.1 Å². The second kappa shape index (κ2) is 6.20. The molecule has 0 aromatic heterocycles. The Labute approximate surface area is 123 Å². The lowest BCUT2D eigenvalue weighted by molar-refractivity contribution is -0.176. The molecule has 1 N–H and O–H groups in total. The summed E-state index contributed by atoms with van der Waals surface area (Å²) in [4.78, 5) is 10.5. The third-order valence-electron chi connectivity index (χ3n) is 2.34. The highest BCUT2D eigenvalue weighted by atomic mass is 35.5. The molecule has 0 spiro atoms. The molecule has 10 heteroatoms. The van der Waals surface area contributed by atoms with Gasteiger partial charge in [-0.1, -0.05) is 11.6 Å². The summed E-state index contributed by atoms with van der Waals surface area (Å²) in [6.45, 7) is -2.38. The number of rotatable bonds is 5. The zero-order valence-corrected chi connectivity index (χ0v) is 12.1. The summed E-state index contributed by atoms with van der Waals surface area (Å²) >= 11 is 5.76. The Balaban J connectivity index is 3.24. The minimum Gasteiger partial charge on any atom is -0.478 e. The Kier molecular flexibility index (Phi) is 5.24. The number of sulfone groups is 1. The van der Waals surface area contributed by atoms with Gasteiger partial charge in [0.15, 0.2) is 9.84 Å². The van der Waals surface area contributed by atoms with Crippen LogP contribution < -0.4 is 0 Å². The number of carboxylic acids is 1. The van der Waals surface area contributed by atoms with Crippen molar-refractivity contribution in [3.05, 3.63) is 28.3 Å². The fraction of sp³-hybridized carbons (Fsp3) is 0.364. The van der Waals surface area contributed by atoms with Gasteiger partial charge < -0.3 is 9.84 Å². The number of alkyl halides is 3. The number of aromatic carboxylic acids is 1. The lowest BCUT2D eigenvalue weighted by atomic mass is 10.1. The number of carbonyl (C=O) groups is 1. The Hall–Kier alpha value is -1.32. The molecule has 1 aromatic carbocycles. The molecule has 0 aliphatic heterocycles. The molecule has 0 bridgehead atoms. The summed E-state index contributed by atoms with van der Waals surface area (Å²) in [7, 11) is -3.80. The molecule has 0 radical (unpaired) electrons. The van der Waals surface area contributed by atoms with Crippen LogP contribution in [0.4, 0.5) is 13.2 Å². The first kappa shape index (κ1) is 17.7. The average molecular weight is 347 g/mol. The van der Waals surface area contributed by atoms with Crippen molar-refractivity contribution in [1.82, 2.24) is 0 Å². The minimum absolute atomic E-state index is 0.316. The van der Waals surface area contributed by atoms with Crippen LogP contribution in [0, 0.1) is 0 Å². The number of benzene rings is 1. The number of carboxylic acid groups (broad SMARTS) is 1. The molecule has 0 fully saturated rings. The van der Waals surface area contributed by atoms with Crippen molar-refractivity contribution in [2.45, 2.75) is 17.7 Å². The predicted octanol–water partition coefficient (Wildman–Crippen LogP) is 2.52. The Morgan fingerprint density at radius 2 is 1.95 bits per heavy atom. The zero-order valence-electron chi connectivity index (χ0n) is 10.6. The van der Waals surface area contributed by atoms with Crippen LogP contribution in [0.3, 0.4) is 0 Å². The van der Waals surface area contributed by atoms with E-state index < -0.39 is 45.8 Å². The summed E-state index contributed by atoms with van der Waals surface area (Å²) in [5.41, 5.74) is -0.738. The highest BCUT2D eigenvalue weighted by Gasteiger charge is 2.28. The first-order valence-electron chi connectivity index (χ1n) is 5.32. The van der Waals surface area contributed by atoms with E-state index in [1.807, 2.05) is 0 Å². The van der Waals surface area contributed by atoms with Gasteiger partial charge in [0, 0.05) is 11.8 Å². The monoisotopic (exact) mass is 346 g/mol. The zero-order chi connectivity index (χ0) is 16.4. The van der Waals surface area contributed by atoms with E-state index in [1.54, 1.807) is 0 Å². The van der Waals surface area contributed by atoms with Crippen LogP contribution in [-0.2, 0) is 21.2 Å². The molecule has 1 rings (SSSR count). The maximum atomic E-state index is 12.0. The van der Waals surface area contributed by atoms with Gasteiger partial charge in [-0.25, -0.2) is 13.2 Å². The third kappa shape index (κ3) is 4.87.